The number of aryl methyl sites for hydroxylation is 1. The van der Waals surface area contributed by atoms with Crippen LogP contribution in [0.4, 0.5) is 16.4 Å². The average molecular weight is 413 g/mol. The van der Waals surface area contributed by atoms with Crippen molar-refractivity contribution in [2.45, 2.75) is 20.8 Å². The number of anilines is 1. The minimum absolute atomic E-state index is 0.269. The molecule has 2 amide bonds. The fourth-order valence-corrected chi connectivity index (χ4v) is 3.74. The van der Waals surface area contributed by atoms with Crippen molar-refractivity contribution in [3.05, 3.63) is 46.4 Å². The molecule has 3 rings (SSSR count). The molecule has 0 radical (unpaired) electrons. The Bertz CT molecular complexity index is 1040. The third-order valence-electron chi connectivity index (χ3n) is 4.32. The molecule has 2 aromatic rings. The molecular formula is C20H19N3O5S. The molecule has 0 aliphatic carbocycles. The van der Waals surface area contributed by atoms with Gasteiger partial charge in [0.2, 0.25) is 0 Å². The lowest BCUT2D eigenvalue weighted by molar-refractivity contribution is -0.120. The van der Waals surface area contributed by atoms with Crippen LogP contribution in [-0.2, 0) is 14.3 Å². The molecule has 2 heterocycles. The van der Waals surface area contributed by atoms with Crippen molar-refractivity contribution in [1.29, 1.82) is 0 Å². The number of amides is 2. The minimum atomic E-state index is -0.439. The molecule has 29 heavy (non-hydrogen) atoms. The van der Waals surface area contributed by atoms with E-state index in [1.807, 2.05) is 13.8 Å². The van der Waals surface area contributed by atoms with Crippen LogP contribution in [0.3, 0.4) is 0 Å². The normalized spacial score (nSPS) is 13.6. The summed E-state index contributed by atoms with van der Waals surface area (Å²) >= 11 is 1.35. The van der Waals surface area contributed by atoms with Gasteiger partial charge in [0.25, 0.3) is 11.8 Å². The van der Waals surface area contributed by atoms with E-state index >= 15 is 0 Å². The van der Waals surface area contributed by atoms with Gasteiger partial charge in [0.15, 0.2) is 5.00 Å². The summed E-state index contributed by atoms with van der Waals surface area (Å²) in [5.41, 5.74) is 1.98. The number of thiophene rings is 1. The van der Waals surface area contributed by atoms with Crippen molar-refractivity contribution in [3.63, 3.8) is 0 Å². The van der Waals surface area contributed by atoms with Crippen molar-refractivity contribution >= 4 is 45.5 Å². The van der Waals surface area contributed by atoms with Crippen molar-refractivity contribution in [3.8, 4) is 5.75 Å². The maximum atomic E-state index is 12.3. The lowest BCUT2D eigenvalue weighted by Gasteiger charge is -2.17. The first kappa shape index (κ1) is 20.4. The average Bonchev–Trinajstić information content (AvgIpc) is 3.18. The van der Waals surface area contributed by atoms with E-state index in [0.29, 0.717) is 27.7 Å². The molecule has 1 aromatic heterocycles. The molecule has 150 valence electrons. The molecular weight excluding hydrogens is 394 g/mol. The zero-order valence-corrected chi connectivity index (χ0v) is 17.2. The van der Waals surface area contributed by atoms with Gasteiger partial charge in [-0.3, -0.25) is 9.59 Å². The molecule has 0 N–H and O–H groups in total. The number of ether oxygens (including phenoxy) is 2. The quantitative estimate of drug-likeness (QED) is 0.397. The van der Waals surface area contributed by atoms with Gasteiger partial charge in [-0.1, -0.05) is 0 Å². The summed E-state index contributed by atoms with van der Waals surface area (Å²) in [5.74, 6) is -1.01. The molecule has 0 bridgehead atoms. The van der Waals surface area contributed by atoms with Crippen LogP contribution in [0.5, 0.6) is 5.75 Å². The van der Waals surface area contributed by atoms with Gasteiger partial charge in [-0.2, -0.15) is 0 Å². The molecule has 1 aliphatic rings. The Kier molecular flexibility index (Phi) is 5.88. The molecule has 0 saturated heterocycles. The summed E-state index contributed by atoms with van der Waals surface area (Å²) in [6.07, 6.45) is 2.40. The number of nitrogens with zero attached hydrogens (tertiary/aromatic N) is 3. The number of carbonyl (C=O) groups is 3. The van der Waals surface area contributed by atoms with Crippen molar-refractivity contribution in [2.75, 3.05) is 18.6 Å². The molecule has 0 unspecified atom stereocenters. The van der Waals surface area contributed by atoms with E-state index in [-0.39, 0.29) is 6.61 Å². The first-order valence-corrected chi connectivity index (χ1v) is 9.62. The third kappa shape index (κ3) is 3.95. The minimum Gasteiger partial charge on any atom is -0.494 e. The second-order valence-corrected chi connectivity index (χ2v) is 7.29. The molecule has 0 spiro atoms. The SMILES string of the molecule is CCOC(=O)c1c(N=Nc2ccc(N3C(=O)C=CC3=O)c(OC)c2)sc(C)c1C. The first-order valence-electron chi connectivity index (χ1n) is 8.80. The molecule has 0 atom stereocenters. The highest BCUT2D eigenvalue weighted by atomic mass is 32.1. The van der Waals surface area contributed by atoms with Crippen molar-refractivity contribution < 1.29 is 23.9 Å². The topological polar surface area (TPSA) is 97.6 Å². The van der Waals surface area contributed by atoms with Crippen LogP contribution >= 0.6 is 11.3 Å². The predicted octanol–water partition coefficient (Wildman–Crippen LogP) is 4.40. The predicted molar refractivity (Wildman–Crippen MR) is 109 cm³/mol. The van der Waals surface area contributed by atoms with Gasteiger partial charge in [0.05, 0.1) is 25.1 Å². The maximum absolute atomic E-state index is 12.3. The summed E-state index contributed by atoms with van der Waals surface area (Å²) in [5, 5.41) is 8.87. The molecule has 1 aliphatic heterocycles. The summed E-state index contributed by atoms with van der Waals surface area (Å²) in [4.78, 5) is 38.1. The van der Waals surface area contributed by atoms with Gasteiger partial charge in [0, 0.05) is 23.1 Å². The van der Waals surface area contributed by atoms with Gasteiger partial charge < -0.3 is 9.47 Å². The molecule has 0 saturated carbocycles. The maximum Gasteiger partial charge on any atom is 0.341 e. The van der Waals surface area contributed by atoms with Crippen LogP contribution in [0.25, 0.3) is 0 Å². The third-order valence-corrected chi connectivity index (χ3v) is 5.41. The zero-order valence-electron chi connectivity index (χ0n) is 16.4. The fourth-order valence-electron chi connectivity index (χ4n) is 2.78. The van der Waals surface area contributed by atoms with Crippen LogP contribution in [0.1, 0.15) is 27.7 Å². The van der Waals surface area contributed by atoms with Gasteiger partial charge in [-0.05, 0) is 38.5 Å². The number of benzene rings is 1. The van der Waals surface area contributed by atoms with E-state index in [1.165, 1.54) is 30.6 Å². The lowest BCUT2D eigenvalue weighted by atomic mass is 10.1. The Morgan fingerprint density at radius 1 is 1.14 bits per heavy atom. The van der Waals surface area contributed by atoms with Crippen LogP contribution in [0, 0.1) is 13.8 Å². The Morgan fingerprint density at radius 2 is 1.83 bits per heavy atom. The first-order chi connectivity index (χ1) is 13.9. The van der Waals surface area contributed by atoms with E-state index in [2.05, 4.69) is 10.2 Å². The molecule has 8 nitrogen and oxygen atoms in total. The second-order valence-electron chi connectivity index (χ2n) is 6.09. The lowest BCUT2D eigenvalue weighted by Crippen LogP contribution is -2.29. The smallest absolute Gasteiger partial charge is 0.341 e. The fraction of sp³-hybridized carbons (Fsp3) is 0.250. The van der Waals surface area contributed by atoms with E-state index in [4.69, 9.17) is 9.47 Å². The zero-order chi connectivity index (χ0) is 21.1. The molecule has 9 heteroatoms. The number of hydrogen-bond acceptors (Lipinski definition) is 8. The Balaban J connectivity index is 1.93. The second kappa shape index (κ2) is 8.36. The molecule has 0 fully saturated rings. The van der Waals surface area contributed by atoms with Crippen LogP contribution < -0.4 is 9.64 Å². The Hall–Kier alpha value is -3.33. The summed E-state index contributed by atoms with van der Waals surface area (Å²) < 4.78 is 10.4. The standard InChI is InChI=1S/C20H19N3O5S/c1-5-28-20(26)18-11(2)12(3)29-19(18)22-21-13-6-7-14(15(10-13)27-4)23-16(24)8-9-17(23)25/h6-10H,5H2,1-4H3. The highest BCUT2D eigenvalue weighted by molar-refractivity contribution is 7.16. The highest BCUT2D eigenvalue weighted by Crippen LogP contribution is 2.38. The Labute approximate surface area is 171 Å². The summed E-state index contributed by atoms with van der Waals surface area (Å²) in [6, 6.07) is 4.74. The largest absolute Gasteiger partial charge is 0.494 e. The number of methoxy groups -OCH3 is 1. The number of carbonyl (C=O) groups excluding carboxylic acids is 3. The summed E-state index contributed by atoms with van der Waals surface area (Å²) in [6.45, 7) is 5.75. The number of azo groups is 1. The van der Waals surface area contributed by atoms with Crippen molar-refractivity contribution in [1.82, 2.24) is 0 Å². The monoisotopic (exact) mass is 413 g/mol. The van der Waals surface area contributed by atoms with Crippen molar-refractivity contribution in [2.24, 2.45) is 10.2 Å². The van der Waals surface area contributed by atoms with Gasteiger partial charge >= 0.3 is 5.97 Å². The number of hydrogen-bond donors (Lipinski definition) is 0. The van der Waals surface area contributed by atoms with Gasteiger partial charge in [-0.15, -0.1) is 21.6 Å². The van der Waals surface area contributed by atoms with Crippen LogP contribution in [0.15, 0.2) is 40.6 Å². The van der Waals surface area contributed by atoms with Gasteiger partial charge in [0.1, 0.15) is 11.3 Å². The highest BCUT2D eigenvalue weighted by Gasteiger charge is 2.28. The van der Waals surface area contributed by atoms with E-state index in [9.17, 15) is 14.4 Å². The number of esters is 1. The number of rotatable bonds is 6. The molecule has 1 aromatic carbocycles. The van der Waals surface area contributed by atoms with Crippen LogP contribution in [0.2, 0.25) is 0 Å². The summed E-state index contributed by atoms with van der Waals surface area (Å²) in [7, 11) is 1.43. The van der Waals surface area contributed by atoms with E-state index in [1.54, 1.807) is 25.1 Å². The van der Waals surface area contributed by atoms with E-state index in [0.717, 1.165) is 15.3 Å². The Morgan fingerprint density at radius 3 is 2.45 bits per heavy atom. The van der Waals surface area contributed by atoms with E-state index < -0.39 is 17.8 Å². The number of imide groups is 1. The van der Waals surface area contributed by atoms with Gasteiger partial charge in [-0.25, -0.2) is 9.69 Å². The van der Waals surface area contributed by atoms with Crippen LogP contribution in [-0.4, -0.2) is 31.5 Å².